The van der Waals surface area contributed by atoms with Crippen LogP contribution < -0.4 is 5.32 Å². The zero-order valence-electron chi connectivity index (χ0n) is 11.0. The fraction of sp³-hybridized carbons (Fsp3) is 0.692. The molecule has 4 nitrogen and oxygen atoms in total. The maximum atomic E-state index is 5.97. The van der Waals surface area contributed by atoms with Crippen LogP contribution in [0.2, 0.25) is 5.15 Å². The Labute approximate surface area is 113 Å². The highest BCUT2D eigenvalue weighted by molar-refractivity contribution is 6.29. The number of methoxy groups -OCH3 is 1. The summed E-state index contributed by atoms with van der Waals surface area (Å²) >= 11 is 5.97. The first-order chi connectivity index (χ1) is 8.67. The number of halogens is 1. The molecule has 1 aliphatic rings. The van der Waals surface area contributed by atoms with Gasteiger partial charge in [0.05, 0.1) is 0 Å². The molecule has 1 aromatic heterocycles. The average molecular weight is 270 g/mol. The van der Waals surface area contributed by atoms with E-state index in [0.717, 1.165) is 37.6 Å². The summed E-state index contributed by atoms with van der Waals surface area (Å²) in [7, 11) is 1.75. The van der Waals surface area contributed by atoms with Crippen LogP contribution in [-0.4, -0.2) is 30.2 Å². The molecule has 0 bridgehead atoms. The van der Waals surface area contributed by atoms with Crippen LogP contribution >= 0.6 is 11.6 Å². The molecule has 1 saturated carbocycles. The number of hydrogen-bond donors (Lipinski definition) is 1. The Morgan fingerprint density at radius 1 is 1.44 bits per heavy atom. The van der Waals surface area contributed by atoms with Crippen molar-refractivity contribution >= 4 is 17.4 Å². The van der Waals surface area contributed by atoms with Gasteiger partial charge in [0, 0.05) is 32.7 Å². The molecule has 100 valence electrons. The third-order valence-corrected chi connectivity index (χ3v) is 3.69. The molecule has 1 aliphatic carbocycles. The van der Waals surface area contributed by atoms with Gasteiger partial charge in [0.25, 0.3) is 0 Å². The lowest BCUT2D eigenvalue weighted by molar-refractivity contribution is 0.175. The number of hydrogen-bond acceptors (Lipinski definition) is 4. The van der Waals surface area contributed by atoms with Gasteiger partial charge in [-0.1, -0.05) is 18.5 Å². The number of aryl methyl sites for hydroxylation is 1. The normalized spacial score (nSPS) is 16.6. The van der Waals surface area contributed by atoms with Crippen molar-refractivity contribution in [1.29, 1.82) is 0 Å². The van der Waals surface area contributed by atoms with E-state index in [1.165, 1.54) is 12.8 Å². The molecule has 2 rings (SSSR count). The first kappa shape index (κ1) is 13.6. The van der Waals surface area contributed by atoms with Crippen LogP contribution in [0.15, 0.2) is 6.07 Å². The van der Waals surface area contributed by atoms with Crippen molar-refractivity contribution in [2.75, 3.05) is 25.6 Å². The van der Waals surface area contributed by atoms with Gasteiger partial charge in [0.1, 0.15) is 16.8 Å². The smallest absolute Gasteiger partial charge is 0.134 e. The summed E-state index contributed by atoms with van der Waals surface area (Å²) in [6.45, 7) is 3.79. The number of ether oxygens (including phenoxy) is 1. The van der Waals surface area contributed by atoms with E-state index in [0.29, 0.717) is 10.6 Å². The summed E-state index contributed by atoms with van der Waals surface area (Å²) in [5.74, 6) is 1.61. The molecular weight excluding hydrogens is 250 g/mol. The number of nitrogens with one attached hydrogen (secondary N) is 1. The van der Waals surface area contributed by atoms with Crippen LogP contribution in [0.3, 0.4) is 0 Å². The lowest BCUT2D eigenvalue weighted by Gasteiger charge is -2.16. The lowest BCUT2D eigenvalue weighted by atomic mass is 10.0. The fourth-order valence-electron chi connectivity index (χ4n) is 2.00. The molecule has 1 N–H and O–H groups in total. The first-order valence-corrected chi connectivity index (χ1v) is 6.81. The Balaban J connectivity index is 1.92. The summed E-state index contributed by atoms with van der Waals surface area (Å²) in [6.07, 6.45) is 4.44. The Kier molecular flexibility index (Phi) is 4.40. The quantitative estimate of drug-likeness (QED) is 0.773. The van der Waals surface area contributed by atoms with Crippen LogP contribution in [-0.2, 0) is 11.2 Å². The zero-order valence-corrected chi connectivity index (χ0v) is 11.8. The van der Waals surface area contributed by atoms with Crippen LogP contribution in [0.25, 0.3) is 0 Å². The highest BCUT2D eigenvalue weighted by Gasteiger charge is 2.41. The minimum atomic E-state index is 0.403. The van der Waals surface area contributed by atoms with Crippen LogP contribution in [0, 0.1) is 5.41 Å². The molecule has 0 amide bonds. The summed E-state index contributed by atoms with van der Waals surface area (Å²) < 4.78 is 5.15. The molecule has 0 aromatic carbocycles. The molecular formula is C13H20ClN3O. The van der Waals surface area contributed by atoms with Crippen molar-refractivity contribution in [1.82, 2.24) is 9.97 Å². The second-order valence-electron chi connectivity index (χ2n) is 4.94. The van der Waals surface area contributed by atoms with Crippen molar-refractivity contribution in [3.05, 3.63) is 17.0 Å². The van der Waals surface area contributed by atoms with Crippen molar-refractivity contribution in [2.45, 2.75) is 32.6 Å². The molecule has 0 aliphatic heterocycles. The minimum absolute atomic E-state index is 0.403. The Bertz CT molecular complexity index is 407. The predicted molar refractivity (Wildman–Crippen MR) is 73.1 cm³/mol. The summed E-state index contributed by atoms with van der Waals surface area (Å²) in [5.41, 5.74) is 0.403. The standard InChI is InChI=1S/C13H20ClN3O/c1-3-11-16-10(14)8-12(17-11)15-9-13(4-5-13)6-7-18-2/h8H,3-7,9H2,1-2H3,(H,15,16,17). The van der Waals surface area contributed by atoms with Gasteiger partial charge in [-0.2, -0.15) is 0 Å². The van der Waals surface area contributed by atoms with Gasteiger partial charge in [0.2, 0.25) is 0 Å². The molecule has 0 radical (unpaired) electrons. The highest BCUT2D eigenvalue weighted by atomic mass is 35.5. The van der Waals surface area contributed by atoms with Gasteiger partial charge in [0.15, 0.2) is 0 Å². The van der Waals surface area contributed by atoms with Crippen molar-refractivity contribution < 1.29 is 4.74 Å². The number of anilines is 1. The van der Waals surface area contributed by atoms with E-state index >= 15 is 0 Å². The highest BCUT2D eigenvalue weighted by Crippen LogP contribution is 2.48. The van der Waals surface area contributed by atoms with Crippen molar-refractivity contribution in [2.24, 2.45) is 5.41 Å². The van der Waals surface area contributed by atoms with Crippen LogP contribution in [0.1, 0.15) is 32.0 Å². The van der Waals surface area contributed by atoms with Gasteiger partial charge >= 0.3 is 0 Å². The monoisotopic (exact) mass is 269 g/mol. The van der Waals surface area contributed by atoms with Crippen molar-refractivity contribution in [3.63, 3.8) is 0 Å². The van der Waals surface area contributed by atoms with Crippen LogP contribution in [0.5, 0.6) is 0 Å². The van der Waals surface area contributed by atoms with Crippen molar-refractivity contribution in [3.8, 4) is 0 Å². The van der Waals surface area contributed by atoms with Gasteiger partial charge in [-0.15, -0.1) is 0 Å². The Morgan fingerprint density at radius 2 is 2.22 bits per heavy atom. The minimum Gasteiger partial charge on any atom is -0.385 e. The topological polar surface area (TPSA) is 47.0 Å². The molecule has 5 heteroatoms. The van der Waals surface area contributed by atoms with E-state index in [-0.39, 0.29) is 0 Å². The molecule has 0 spiro atoms. The molecule has 1 heterocycles. The van der Waals surface area contributed by atoms with Gasteiger partial charge in [-0.25, -0.2) is 9.97 Å². The molecule has 18 heavy (non-hydrogen) atoms. The maximum absolute atomic E-state index is 5.97. The molecule has 0 saturated heterocycles. The first-order valence-electron chi connectivity index (χ1n) is 6.44. The zero-order chi connectivity index (χ0) is 13.0. The van der Waals surface area contributed by atoms with E-state index < -0.39 is 0 Å². The molecule has 0 atom stereocenters. The van der Waals surface area contributed by atoms with Gasteiger partial charge in [-0.3, -0.25) is 0 Å². The van der Waals surface area contributed by atoms with Gasteiger partial charge < -0.3 is 10.1 Å². The van der Waals surface area contributed by atoms with Crippen LogP contribution in [0.4, 0.5) is 5.82 Å². The Hall–Kier alpha value is -0.870. The van der Waals surface area contributed by atoms with Gasteiger partial charge in [-0.05, 0) is 24.7 Å². The molecule has 1 aromatic rings. The third kappa shape index (κ3) is 3.56. The average Bonchev–Trinajstić information content (AvgIpc) is 3.14. The fourth-order valence-corrected chi connectivity index (χ4v) is 2.20. The van der Waals surface area contributed by atoms with E-state index in [1.807, 2.05) is 6.92 Å². The van der Waals surface area contributed by atoms with E-state index in [1.54, 1.807) is 13.2 Å². The lowest BCUT2D eigenvalue weighted by Crippen LogP contribution is -2.18. The number of aromatic nitrogens is 2. The third-order valence-electron chi connectivity index (χ3n) is 3.50. The summed E-state index contributed by atoms with van der Waals surface area (Å²) in [5, 5.41) is 3.89. The molecule has 0 unspecified atom stereocenters. The maximum Gasteiger partial charge on any atom is 0.134 e. The number of rotatable bonds is 7. The molecule has 1 fully saturated rings. The second-order valence-corrected chi connectivity index (χ2v) is 5.33. The summed E-state index contributed by atoms with van der Waals surface area (Å²) in [4.78, 5) is 8.58. The van der Waals surface area contributed by atoms with E-state index in [4.69, 9.17) is 16.3 Å². The number of nitrogens with zero attached hydrogens (tertiary/aromatic N) is 2. The SMILES string of the molecule is CCc1nc(Cl)cc(NCC2(CCOC)CC2)n1. The van der Waals surface area contributed by atoms with E-state index in [9.17, 15) is 0 Å². The predicted octanol–water partition coefficient (Wildman–Crippen LogP) is 2.92. The summed E-state index contributed by atoms with van der Waals surface area (Å²) in [6, 6.07) is 1.78. The van der Waals surface area contributed by atoms with E-state index in [2.05, 4.69) is 15.3 Å². The largest absolute Gasteiger partial charge is 0.385 e. The second kappa shape index (κ2) is 5.85. The Morgan fingerprint density at radius 3 is 2.83 bits per heavy atom.